The van der Waals surface area contributed by atoms with Gasteiger partial charge in [0.25, 0.3) is 5.56 Å². The molecule has 0 unspecified atom stereocenters. The second-order valence-electron chi connectivity index (χ2n) is 12.2. The van der Waals surface area contributed by atoms with E-state index in [-0.39, 0.29) is 55.8 Å². The minimum Gasteiger partial charge on any atom is -0.492 e. The van der Waals surface area contributed by atoms with Gasteiger partial charge in [-0.15, -0.1) is 0 Å². The number of fused-ring (bicyclic) bond motifs is 14. The molecule has 3 aliphatic rings. The number of benzene rings is 1. The summed E-state index contributed by atoms with van der Waals surface area (Å²) in [4.78, 5) is 80.1. The molecule has 0 radical (unpaired) electrons. The third-order valence-corrected chi connectivity index (χ3v) is 8.08. The van der Waals surface area contributed by atoms with Crippen LogP contribution in [0.25, 0.3) is 0 Å². The first-order valence-corrected chi connectivity index (χ1v) is 15.9. The summed E-state index contributed by atoms with van der Waals surface area (Å²) in [5.41, 5.74) is 0.491. The predicted molar refractivity (Wildman–Crippen MR) is 170 cm³/mol. The number of nitrogens with one attached hydrogen (secondary N) is 4. The maximum Gasteiger partial charge on any atom is 0.250 e. The molecule has 1 aromatic carbocycles. The summed E-state index contributed by atoms with van der Waals surface area (Å²) in [5, 5.41) is 11.1. The van der Waals surface area contributed by atoms with E-state index in [4.69, 9.17) is 4.74 Å². The van der Waals surface area contributed by atoms with E-state index in [9.17, 15) is 28.8 Å². The summed E-state index contributed by atoms with van der Waals surface area (Å²) in [6, 6.07) is 8.14. The molecule has 0 saturated carbocycles. The van der Waals surface area contributed by atoms with Crippen molar-refractivity contribution in [3.63, 3.8) is 0 Å². The van der Waals surface area contributed by atoms with Crippen LogP contribution in [-0.2, 0) is 36.9 Å². The zero-order valence-electron chi connectivity index (χ0n) is 26.6. The molecule has 1 aromatic heterocycles. The SMILES string of the molecule is CC(C)C[C@@H]1NC(=O)[C@@H](C)NC(=O)[C@@H](NC(=O)CCn2ccccc2=O)Cc2ccc(cc2)OCCNC(=O)[C@H]2CCCN2C1=O. The van der Waals surface area contributed by atoms with E-state index in [0.717, 1.165) is 5.56 Å². The van der Waals surface area contributed by atoms with E-state index in [1.165, 1.54) is 22.5 Å². The molecule has 5 amide bonds. The Bertz CT molecular complexity index is 1460. The summed E-state index contributed by atoms with van der Waals surface area (Å²) >= 11 is 0. The normalized spacial score (nSPS) is 23.2. The number of carbonyl (C=O) groups is 5. The lowest BCUT2D eigenvalue weighted by molar-refractivity contribution is -0.142. The van der Waals surface area contributed by atoms with Gasteiger partial charge in [0.1, 0.15) is 36.5 Å². The Balaban J connectivity index is 1.54. The van der Waals surface area contributed by atoms with Gasteiger partial charge in [-0.1, -0.05) is 32.0 Å². The number of ether oxygens (including phenoxy) is 1. The number of aromatic nitrogens is 1. The van der Waals surface area contributed by atoms with Crippen LogP contribution in [0.4, 0.5) is 0 Å². The molecule has 2 bridgehead atoms. The predicted octanol–water partition coefficient (Wildman–Crippen LogP) is 0.501. The van der Waals surface area contributed by atoms with Gasteiger partial charge in [0, 0.05) is 38.2 Å². The van der Waals surface area contributed by atoms with Gasteiger partial charge in [-0.2, -0.15) is 0 Å². The van der Waals surface area contributed by atoms with Gasteiger partial charge >= 0.3 is 0 Å². The topological polar surface area (TPSA) is 168 Å². The minimum atomic E-state index is -1.03. The van der Waals surface area contributed by atoms with Crippen molar-refractivity contribution in [2.45, 2.75) is 83.6 Å². The summed E-state index contributed by atoms with van der Waals surface area (Å²) in [6.45, 7) is 6.36. The Morgan fingerprint density at radius 3 is 2.48 bits per heavy atom. The van der Waals surface area contributed by atoms with Crippen LogP contribution >= 0.6 is 0 Å². The molecular formula is C33H44N6O7. The van der Waals surface area contributed by atoms with E-state index in [1.54, 1.807) is 42.6 Å². The van der Waals surface area contributed by atoms with Crippen LogP contribution in [0.15, 0.2) is 53.5 Å². The quantitative estimate of drug-likeness (QED) is 0.358. The smallest absolute Gasteiger partial charge is 0.250 e. The number of hydrogen-bond acceptors (Lipinski definition) is 7. The highest BCUT2D eigenvalue weighted by molar-refractivity contribution is 5.95. The second-order valence-corrected chi connectivity index (χ2v) is 12.2. The highest BCUT2D eigenvalue weighted by Gasteiger charge is 2.38. The number of rotatable bonds is 6. The Labute approximate surface area is 268 Å². The average molecular weight is 637 g/mol. The Kier molecular flexibility index (Phi) is 11.9. The first kappa shape index (κ1) is 34.2. The van der Waals surface area contributed by atoms with Crippen LogP contribution in [-0.4, -0.2) is 82.9 Å². The number of aryl methyl sites for hydroxylation is 1. The lowest BCUT2D eigenvalue weighted by atomic mass is 10.0. The number of pyridine rings is 1. The molecular weight excluding hydrogens is 592 g/mol. The Morgan fingerprint density at radius 1 is 1.00 bits per heavy atom. The van der Waals surface area contributed by atoms with Crippen molar-refractivity contribution < 1.29 is 28.7 Å². The fourth-order valence-corrected chi connectivity index (χ4v) is 5.63. The number of nitrogens with zero attached hydrogens (tertiary/aromatic N) is 2. The Hall–Kier alpha value is -4.68. The molecule has 46 heavy (non-hydrogen) atoms. The molecule has 4 atom stereocenters. The summed E-state index contributed by atoms with van der Waals surface area (Å²) in [5.74, 6) is -1.56. The minimum absolute atomic E-state index is 0.0382. The van der Waals surface area contributed by atoms with Gasteiger partial charge < -0.3 is 35.5 Å². The third kappa shape index (κ3) is 9.41. The van der Waals surface area contributed by atoms with Crippen molar-refractivity contribution in [1.29, 1.82) is 0 Å². The van der Waals surface area contributed by atoms with Crippen LogP contribution in [0.5, 0.6) is 5.75 Å². The van der Waals surface area contributed by atoms with Crippen LogP contribution in [0, 0.1) is 5.92 Å². The highest BCUT2D eigenvalue weighted by atomic mass is 16.5. The van der Waals surface area contributed by atoms with Gasteiger partial charge in [-0.05, 0) is 55.9 Å². The molecule has 1 fully saturated rings. The summed E-state index contributed by atoms with van der Waals surface area (Å²) < 4.78 is 7.19. The standard InChI is InChI=1S/C33H44N6O7/c1-21(2)19-26-33(45)39-16-6-7-27(39)32(44)34-14-18-46-24-11-9-23(10-12-24)20-25(31(43)35-22(3)30(42)37-26)36-28(40)13-17-38-15-5-4-8-29(38)41/h4-5,8-12,15,21-22,25-27H,6-7,13-14,16-20H2,1-3H3,(H,34,44)(H,35,43)(H,36,40)(H,37,42)/t22-,25+,26+,27-/m1/s1. The number of carbonyl (C=O) groups excluding carboxylic acids is 5. The molecule has 5 rings (SSSR count). The van der Waals surface area contributed by atoms with E-state index >= 15 is 0 Å². The van der Waals surface area contributed by atoms with Crippen molar-refractivity contribution in [3.05, 3.63) is 64.6 Å². The van der Waals surface area contributed by atoms with E-state index in [2.05, 4.69) is 21.3 Å². The number of amides is 5. The average Bonchev–Trinajstić information content (AvgIpc) is 3.52. The molecule has 4 heterocycles. The molecule has 4 N–H and O–H groups in total. The van der Waals surface area contributed by atoms with Gasteiger partial charge in [0.15, 0.2) is 0 Å². The lowest BCUT2D eigenvalue weighted by Gasteiger charge is -2.30. The monoisotopic (exact) mass is 636 g/mol. The van der Waals surface area contributed by atoms with E-state index in [0.29, 0.717) is 31.6 Å². The van der Waals surface area contributed by atoms with Gasteiger partial charge in [0.05, 0.1) is 6.54 Å². The third-order valence-electron chi connectivity index (χ3n) is 8.08. The maximum absolute atomic E-state index is 13.7. The molecule has 13 nitrogen and oxygen atoms in total. The fraction of sp³-hybridized carbons (Fsp3) is 0.515. The molecule has 0 spiro atoms. The molecule has 1 saturated heterocycles. The van der Waals surface area contributed by atoms with E-state index < -0.39 is 41.9 Å². The van der Waals surface area contributed by atoms with Crippen molar-refractivity contribution in [2.24, 2.45) is 5.92 Å². The summed E-state index contributed by atoms with van der Waals surface area (Å²) in [6.07, 6.45) is 3.20. The zero-order chi connectivity index (χ0) is 33.2. The number of hydrogen-bond donors (Lipinski definition) is 4. The van der Waals surface area contributed by atoms with Gasteiger partial charge in [-0.25, -0.2) is 0 Å². The molecule has 13 heteroatoms. The molecule has 0 aliphatic carbocycles. The van der Waals surface area contributed by atoms with Crippen LogP contribution in [0.2, 0.25) is 0 Å². The van der Waals surface area contributed by atoms with Crippen molar-refractivity contribution in [2.75, 3.05) is 19.7 Å². The maximum atomic E-state index is 13.7. The fourth-order valence-electron chi connectivity index (χ4n) is 5.63. The lowest BCUT2D eigenvalue weighted by Crippen LogP contribution is -2.58. The first-order chi connectivity index (χ1) is 22.0. The largest absolute Gasteiger partial charge is 0.492 e. The van der Waals surface area contributed by atoms with Gasteiger partial charge in [0.2, 0.25) is 29.5 Å². The van der Waals surface area contributed by atoms with Gasteiger partial charge in [-0.3, -0.25) is 28.8 Å². The highest BCUT2D eigenvalue weighted by Crippen LogP contribution is 2.21. The molecule has 248 valence electrons. The van der Waals surface area contributed by atoms with Crippen LogP contribution in [0.3, 0.4) is 0 Å². The van der Waals surface area contributed by atoms with Crippen molar-refractivity contribution >= 4 is 29.5 Å². The second kappa shape index (κ2) is 16.1. The van der Waals surface area contributed by atoms with Crippen LogP contribution in [0.1, 0.15) is 52.0 Å². The van der Waals surface area contributed by atoms with Crippen LogP contribution < -0.4 is 31.6 Å². The van der Waals surface area contributed by atoms with Crippen molar-refractivity contribution in [1.82, 2.24) is 30.7 Å². The Morgan fingerprint density at radius 2 is 1.76 bits per heavy atom. The molecule has 2 aromatic rings. The zero-order valence-corrected chi connectivity index (χ0v) is 26.6. The summed E-state index contributed by atoms with van der Waals surface area (Å²) in [7, 11) is 0. The first-order valence-electron chi connectivity index (χ1n) is 15.9. The van der Waals surface area contributed by atoms with E-state index in [1.807, 2.05) is 13.8 Å². The van der Waals surface area contributed by atoms with Crippen molar-refractivity contribution in [3.8, 4) is 5.75 Å². The molecule has 3 aliphatic heterocycles.